The lowest BCUT2D eigenvalue weighted by molar-refractivity contribution is 0.138. The number of carbonyl (C=O) groups is 1. The summed E-state index contributed by atoms with van der Waals surface area (Å²) in [5.74, 6) is 1.21. The summed E-state index contributed by atoms with van der Waals surface area (Å²) < 4.78 is 5.43. The number of nitrogens with one attached hydrogen (secondary N) is 2. The lowest BCUT2D eigenvalue weighted by Crippen LogP contribution is -2.45. The van der Waals surface area contributed by atoms with E-state index in [1.165, 1.54) is 36.8 Å². The van der Waals surface area contributed by atoms with Crippen molar-refractivity contribution in [2.24, 2.45) is 0 Å². The smallest absolute Gasteiger partial charge is 0.416 e. The molecule has 188 valence electrons. The molecule has 1 fully saturated rings. The van der Waals surface area contributed by atoms with Crippen LogP contribution in [0.2, 0.25) is 0 Å². The summed E-state index contributed by atoms with van der Waals surface area (Å²) in [4.78, 5) is 26.3. The van der Waals surface area contributed by atoms with Crippen LogP contribution in [0.25, 0.3) is 0 Å². The predicted octanol–water partition coefficient (Wildman–Crippen LogP) is 4.80. The molecule has 1 aromatic heterocycles. The van der Waals surface area contributed by atoms with E-state index in [0.717, 1.165) is 44.6 Å². The molecule has 8 heteroatoms. The van der Waals surface area contributed by atoms with Gasteiger partial charge >= 0.3 is 6.09 Å². The van der Waals surface area contributed by atoms with Crippen LogP contribution in [0, 0.1) is 0 Å². The fraction of sp³-hybridized carbons (Fsp3) is 0.593. The maximum absolute atomic E-state index is 12.7. The number of ether oxygens (including phenoxy) is 1. The van der Waals surface area contributed by atoms with Gasteiger partial charge in [0.15, 0.2) is 0 Å². The minimum absolute atomic E-state index is 0.0287. The van der Waals surface area contributed by atoms with Crippen molar-refractivity contribution >= 4 is 17.9 Å². The highest BCUT2D eigenvalue weighted by atomic mass is 16.6. The highest BCUT2D eigenvalue weighted by Gasteiger charge is 2.32. The topological polar surface area (TPSA) is 82.6 Å². The zero-order chi connectivity index (χ0) is 24.2. The number of hydrogen-bond donors (Lipinski definition) is 2. The molecule has 4 aliphatic rings. The van der Waals surface area contributed by atoms with E-state index in [1.807, 2.05) is 0 Å². The Kier molecular flexibility index (Phi) is 7.48. The van der Waals surface area contributed by atoms with E-state index in [0.29, 0.717) is 17.8 Å². The van der Waals surface area contributed by atoms with Gasteiger partial charge in [-0.25, -0.2) is 9.78 Å². The highest BCUT2D eigenvalue weighted by Crippen LogP contribution is 2.32. The number of amides is 1. The molecule has 1 amide bonds. The van der Waals surface area contributed by atoms with E-state index >= 15 is 0 Å². The van der Waals surface area contributed by atoms with Gasteiger partial charge < -0.3 is 15.4 Å². The standard InChI is InChI=1S/C27H38N6O2/c1-19-7-5-3-4-6-8-24(32-15-13-28-14-16-32)22-11-9-21(10-12-22)20(2)30-26-29-17-23-18-35-27(34)33(19)25(23)31-26/h9-12,17,19-20,24,28H,3-8,13-16,18H2,1-2H3,(H,29,30,31)/t19-,20-,24?/m0/s1. The summed E-state index contributed by atoms with van der Waals surface area (Å²) in [7, 11) is 0. The molecule has 0 saturated carbocycles. The van der Waals surface area contributed by atoms with Gasteiger partial charge in [-0.05, 0) is 37.8 Å². The van der Waals surface area contributed by atoms with Crippen LogP contribution < -0.4 is 15.5 Å². The molecule has 4 aliphatic heterocycles. The molecule has 1 unspecified atom stereocenters. The van der Waals surface area contributed by atoms with Crippen LogP contribution in [0.3, 0.4) is 0 Å². The number of piperazine rings is 1. The molecule has 0 aliphatic carbocycles. The number of carbonyl (C=O) groups excluding carboxylic acids is 1. The Hall–Kier alpha value is -2.71. The van der Waals surface area contributed by atoms with Crippen LogP contribution in [-0.4, -0.2) is 53.2 Å². The van der Waals surface area contributed by atoms with Crippen molar-refractivity contribution in [3.8, 4) is 0 Å². The molecular formula is C27H38N6O2. The molecule has 0 spiro atoms. The summed E-state index contributed by atoms with van der Waals surface area (Å²) >= 11 is 0. The van der Waals surface area contributed by atoms with Gasteiger partial charge in [0.2, 0.25) is 5.95 Å². The van der Waals surface area contributed by atoms with E-state index in [1.54, 1.807) is 11.1 Å². The summed E-state index contributed by atoms with van der Waals surface area (Å²) in [5.41, 5.74) is 3.46. The van der Waals surface area contributed by atoms with Gasteiger partial charge in [0.25, 0.3) is 0 Å². The quantitative estimate of drug-likeness (QED) is 0.609. The van der Waals surface area contributed by atoms with Crippen molar-refractivity contribution in [3.63, 3.8) is 0 Å². The van der Waals surface area contributed by atoms with Gasteiger partial charge in [-0.1, -0.05) is 49.9 Å². The second-order valence-electron chi connectivity index (χ2n) is 10.1. The maximum atomic E-state index is 12.7. The molecule has 35 heavy (non-hydrogen) atoms. The Balaban J connectivity index is 1.42. The molecule has 1 aromatic carbocycles. The molecule has 2 aromatic rings. The van der Waals surface area contributed by atoms with Crippen LogP contribution in [0.15, 0.2) is 30.5 Å². The van der Waals surface area contributed by atoms with E-state index in [2.05, 4.69) is 58.6 Å². The van der Waals surface area contributed by atoms with Gasteiger partial charge in [0.1, 0.15) is 12.4 Å². The summed E-state index contributed by atoms with van der Waals surface area (Å²) in [6.45, 7) is 8.77. The summed E-state index contributed by atoms with van der Waals surface area (Å²) in [5, 5.41) is 6.93. The number of cyclic esters (lactones) is 1. The summed E-state index contributed by atoms with van der Waals surface area (Å²) in [6, 6.07) is 9.60. The third kappa shape index (κ3) is 5.43. The minimum Gasteiger partial charge on any atom is -0.444 e. The maximum Gasteiger partial charge on any atom is 0.416 e. The molecular weight excluding hydrogens is 440 g/mol. The third-order valence-electron chi connectivity index (χ3n) is 7.67. The Morgan fingerprint density at radius 3 is 2.46 bits per heavy atom. The number of nitrogens with zero attached hydrogens (tertiary/aromatic N) is 4. The van der Waals surface area contributed by atoms with Crippen LogP contribution in [0.5, 0.6) is 0 Å². The molecule has 4 bridgehead atoms. The van der Waals surface area contributed by atoms with E-state index in [4.69, 9.17) is 9.72 Å². The first-order valence-electron chi connectivity index (χ1n) is 13.2. The molecule has 5 heterocycles. The Morgan fingerprint density at radius 2 is 1.69 bits per heavy atom. The minimum atomic E-state index is -0.313. The zero-order valence-electron chi connectivity index (χ0n) is 21.0. The van der Waals surface area contributed by atoms with E-state index in [9.17, 15) is 4.79 Å². The van der Waals surface area contributed by atoms with Crippen molar-refractivity contribution < 1.29 is 9.53 Å². The first kappa shape index (κ1) is 24.0. The molecule has 8 nitrogen and oxygen atoms in total. The van der Waals surface area contributed by atoms with E-state index in [-0.39, 0.29) is 24.8 Å². The fourth-order valence-corrected chi connectivity index (χ4v) is 5.56. The monoisotopic (exact) mass is 478 g/mol. The molecule has 2 N–H and O–H groups in total. The average molecular weight is 479 g/mol. The SMILES string of the molecule is C[C@@H]1Nc2ncc3c(n2)N(C(=O)OC3)[C@@H](C)CCCCCCC(N2CCNCC2)c2ccc1cc2. The lowest BCUT2D eigenvalue weighted by atomic mass is 9.95. The van der Waals surface area contributed by atoms with Gasteiger partial charge in [-0.15, -0.1) is 0 Å². The van der Waals surface area contributed by atoms with Crippen LogP contribution in [0.4, 0.5) is 16.6 Å². The second-order valence-corrected chi connectivity index (χ2v) is 10.1. The molecule has 0 radical (unpaired) electrons. The largest absolute Gasteiger partial charge is 0.444 e. The molecule has 1 saturated heterocycles. The molecule has 3 atom stereocenters. The van der Waals surface area contributed by atoms with Crippen molar-refractivity contribution in [1.29, 1.82) is 0 Å². The van der Waals surface area contributed by atoms with Crippen molar-refractivity contribution in [2.45, 2.75) is 77.1 Å². The number of aromatic nitrogens is 2. The van der Waals surface area contributed by atoms with Crippen LogP contribution in [-0.2, 0) is 11.3 Å². The van der Waals surface area contributed by atoms with Gasteiger partial charge in [0, 0.05) is 44.5 Å². The zero-order valence-corrected chi connectivity index (χ0v) is 21.0. The third-order valence-corrected chi connectivity index (χ3v) is 7.67. The highest BCUT2D eigenvalue weighted by molar-refractivity contribution is 5.89. The number of fused-ring (bicyclic) bond motifs is 10. The number of anilines is 2. The summed E-state index contributed by atoms with van der Waals surface area (Å²) in [6.07, 6.45) is 8.26. The fourth-order valence-electron chi connectivity index (χ4n) is 5.56. The van der Waals surface area contributed by atoms with Crippen LogP contribution >= 0.6 is 0 Å². The van der Waals surface area contributed by atoms with Gasteiger partial charge in [0.05, 0.1) is 11.6 Å². The normalized spacial score (nSPS) is 26.4. The van der Waals surface area contributed by atoms with Crippen molar-refractivity contribution in [2.75, 3.05) is 36.4 Å². The first-order chi connectivity index (χ1) is 17.1. The lowest BCUT2D eigenvalue weighted by Gasteiger charge is -2.35. The predicted molar refractivity (Wildman–Crippen MR) is 138 cm³/mol. The Labute approximate surface area is 208 Å². The van der Waals surface area contributed by atoms with Gasteiger partial charge in [-0.3, -0.25) is 9.80 Å². The first-order valence-corrected chi connectivity index (χ1v) is 13.2. The van der Waals surface area contributed by atoms with E-state index < -0.39 is 0 Å². The number of benzene rings is 1. The van der Waals surface area contributed by atoms with Crippen LogP contribution in [0.1, 0.15) is 81.1 Å². The van der Waals surface area contributed by atoms with Gasteiger partial charge in [-0.2, -0.15) is 4.98 Å². The van der Waals surface area contributed by atoms with Crippen molar-refractivity contribution in [1.82, 2.24) is 20.2 Å². The Morgan fingerprint density at radius 1 is 0.971 bits per heavy atom. The second kappa shape index (κ2) is 10.9. The molecule has 6 rings (SSSR count). The van der Waals surface area contributed by atoms with Crippen molar-refractivity contribution in [3.05, 3.63) is 47.2 Å². The number of hydrogen-bond acceptors (Lipinski definition) is 7. The Bertz CT molecular complexity index is 1010. The number of rotatable bonds is 1. The average Bonchev–Trinajstić information content (AvgIpc) is 2.88.